The zero-order valence-corrected chi connectivity index (χ0v) is 18.7. The van der Waals surface area contributed by atoms with Gasteiger partial charge in [0, 0.05) is 16.6 Å². The fourth-order valence-corrected chi connectivity index (χ4v) is 5.56. The summed E-state index contributed by atoms with van der Waals surface area (Å²) in [4.78, 5) is 18.7. The van der Waals surface area contributed by atoms with Gasteiger partial charge in [-0.15, -0.1) is 11.3 Å². The highest BCUT2D eigenvalue weighted by Crippen LogP contribution is 2.44. The number of anilines is 2. The highest BCUT2D eigenvalue weighted by Gasteiger charge is 2.29. The topological polar surface area (TPSA) is 67.2 Å². The van der Waals surface area contributed by atoms with Gasteiger partial charge in [0.2, 0.25) is 0 Å². The van der Waals surface area contributed by atoms with Gasteiger partial charge < -0.3 is 15.1 Å². The van der Waals surface area contributed by atoms with Crippen molar-refractivity contribution >= 4 is 28.1 Å². The lowest BCUT2D eigenvalue weighted by Gasteiger charge is -2.24. The molecule has 1 amide bonds. The number of furan rings is 1. The molecular weight excluding hydrogens is 418 g/mol. The van der Waals surface area contributed by atoms with Crippen LogP contribution in [0.1, 0.15) is 56.6 Å². The Morgan fingerprint density at radius 1 is 1.06 bits per heavy atom. The number of nitrogens with zero attached hydrogens (tertiary/aromatic N) is 1. The summed E-state index contributed by atoms with van der Waals surface area (Å²) in [5.41, 5.74) is 4.84. The number of nitrogens with one attached hydrogen (secondary N) is 2. The van der Waals surface area contributed by atoms with Gasteiger partial charge in [-0.2, -0.15) is 0 Å². The number of pyridine rings is 1. The lowest BCUT2D eigenvalue weighted by molar-refractivity contribution is 0.0997. The highest BCUT2D eigenvalue weighted by atomic mass is 32.1. The summed E-state index contributed by atoms with van der Waals surface area (Å²) in [5.74, 6) is 0.888. The van der Waals surface area contributed by atoms with E-state index in [9.17, 15) is 4.79 Å². The van der Waals surface area contributed by atoms with Crippen molar-refractivity contribution in [2.24, 2.45) is 0 Å². The second-order valence-electron chi connectivity index (χ2n) is 8.09. The van der Waals surface area contributed by atoms with Crippen LogP contribution in [0.4, 0.5) is 10.8 Å². The molecule has 3 heterocycles. The van der Waals surface area contributed by atoms with E-state index in [1.54, 1.807) is 29.7 Å². The first-order valence-corrected chi connectivity index (χ1v) is 11.7. The summed E-state index contributed by atoms with van der Waals surface area (Å²) >= 11 is 1.69. The standard InChI is InChI=1S/C26H25N3O2S/c1-17-11-13-18(14-12-17)24(28-22-10-4-5-15-27-22)23-19-7-2-3-9-21(19)32-26(23)29-25(30)20-8-6-16-31-20/h4-6,8,10-16,24H,2-3,7,9H2,1H3,(H,27,28)(H,29,30). The maximum atomic E-state index is 12.9. The summed E-state index contributed by atoms with van der Waals surface area (Å²) in [6, 6.07) is 17.7. The maximum Gasteiger partial charge on any atom is 0.291 e. The van der Waals surface area contributed by atoms with E-state index in [1.807, 2.05) is 18.2 Å². The molecule has 1 aromatic carbocycles. The van der Waals surface area contributed by atoms with Gasteiger partial charge in [0.1, 0.15) is 10.8 Å². The van der Waals surface area contributed by atoms with Crippen molar-refractivity contribution in [1.29, 1.82) is 0 Å². The fourth-order valence-electron chi connectivity index (χ4n) is 4.24. The molecule has 0 spiro atoms. The van der Waals surface area contributed by atoms with E-state index < -0.39 is 0 Å². The number of carbonyl (C=O) groups excluding carboxylic acids is 1. The van der Waals surface area contributed by atoms with Gasteiger partial charge in [-0.3, -0.25) is 4.79 Å². The minimum Gasteiger partial charge on any atom is -0.459 e. The Morgan fingerprint density at radius 3 is 2.66 bits per heavy atom. The molecule has 0 aliphatic heterocycles. The second kappa shape index (κ2) is 9.01. The first kappa shape index (κ1) is 20.5. The normalized spacial score (nSPS) is 13.9. The molecule has 0 radical (unpaired) electrons. The smallest absolute Gasteiger partial charge is 0.291 e. The summed E-state index contributed by atoms with van der Waals surface area (Å²) in [5, 5.41) is 7.66. The Kier molecular flexibility index (Phi) is 5.77. The van der Waals surface area contributed by atoms with Crippen LogP contribution in [0.2, 0.25) is 0 Å². The predicted octanol–water partition coefficient (Wildman–Crippen LogP) is 6.38. The van der Waals surface area contributed by atoms with Crippen molar-refractivity contribution in [3.63, 3.8) is 0 Å². The molecule has 1 aliphatic carbocycles. The number of hydrogen-bond acceptors (Lipinski definition) is 5. The number of hydrogen-bond donors (Lipinski definition) is 2. The van der Waals surface area contributed by atoms with Crippen molar-refractivity contribution in [1.82, 2.24) is 4.98 Å². The molecule has 0 bridgehead atoms. The highest BCUT2D eigenvalue weighted by molar-refractivity contribution is 7.16. The van der Waals surface area contributed by atoms with Crippen molar-refractivity contribution < 1.29 is 9.21 Å². The SMILES string of the molecule is Cc1ccc(C(Nc2ccccn2)c2c(NC(=O)c3ccco3)sc3c2CCCC3)cc1. The van der Waals surface area contributed by atoms with Gasteiger partial charge in [-0.05, 0) is 68.0 Å². The molecular formula is C26H25N3O2S. The van der Waals surface area contributed by atoms with E-state index in [4.69, 9.17) is 4.42 Å². The summed E-state index contributed by atoms with van der Waals surface area (Å²) < 4.78 is 5.33. The number of carbonyl (C=O) groups is 1. The van der Waals surface area contributed by atoms with Crippen molar-refractivity contribution in [2.45, 2.75) is 38.6 Å². The third-order valence-electron chi connectivity index (χ3n) is 5.84. The molecule has 4 aromatic rings. The number of benzene rings is 1. The minimum atomic E-state index is -0.227. The van der Waals surface area contributed by atoms with Crippen LogP contribution in [0.15, 0.2) is 71.5 Å². The summed E-state index contributed by atoms with van der Waals surface area (Å²) in [6.07, 6.45) is 7.72. The number of amides is 1. The summed E-state index contributed by atoms with van der Waals surface area (Å²) in [6.45, 7) is 2.09. The molecule has 5 nitrogen and oxygen atoms in total. The molecule has 1 aliphatic rings. The molecule has 32 heavy (non-hydrogen) atoms. The van der Waals surface area contributed by atoms with Crippen LogP contribution in [-0.2, 0) is 12.8 Å². The molecule has 0 saturated carbocycles. The van der Waals surface area contributed by atoms with Crippen molar-refractivity contribution in [2.75, 3.05) is 10.6 Å². The van der Waals surface area contributed by atoms with Crippen molar-refractivity contribution in [3.8, 4) is 0 Å². The van der Waals surface area contributed by atoms with Gasteiger partial charge >= 0.3 is 0 Å². The van der Waals surface area contributed by atoms with Crippen LogP contribution in [0, 0.1) is 6.92 Å². The zero-order chi connectivity index (χ0) is 21.9. The Labute approximate surface area is 191 Å². The fraction of sp³-hybridized carbons (Fsp3) is 0.231. The summed E-state index contributed by atoms with van der Waals surface area (Å²) in [7, 11) is 0. The number of fused-ring (bicyclic) bond motifs is 1. The average molecular weight is 444 g/mol. The van der Waals surface area contributed by atoms with Gasteiger partial charge in [-0.1, -0.05) is 35.9 Å². The monoisotopic (exact) mass is 443 g/mol. The molecule has 2 N–H and O–H groups in total. The lowest BCUT2D eigenvalue weighted by atomic mass is 9.89. The molecule has 3 aromatic heterocycles. The quantitative estimate of drug-likeness (QED) is 0.363. The molecule has 5 rings (SSSR count). The van der Waals surface area contributed by atoms with Crippen molar-refractivity contribution in [3.05, 3.63) is 99.9 Å². The van der Waals surface area contributed by atoms with Crippen LogP contribution in [0.3, 0.4) is 0 Å². The molecule has 0 saturated heterocycles. The van der Waals surface area contributed by atoms with Gasteiger partial charge in [0.25, 0.3) is 5.91 Å². The Bertz CT molecular complexity index is 1200. The Morgan fingerprint density at radius 2 is 1.91 bits per heavy atom. The predicted molar refractivity (Wildman–Crippen MR) is 129 cm³/mol. The van der Waals surface area contributed by atoms with E-state index >= 15 is 0 Å². The first-order chi connectivity index (χ1) is 15.7. The van der Waals surface area contributed by atoms with Crippen LogP contribution in [-0.4, -0.2) is 10.9 Å². The molecule has 0 fully saturated rings. The van der Waals surface area contributed by atoms with E-state index in [2.05, 4.69) is 46.8 Å². The Balaban J connectivity index is 1.61. The molecule has 6 heteroatoms. The lowest BCUT2D eigenvalue weighted by Crippen LogP contribution is -2.18. The second-order valence-corrected chi connectivity index (χ2v) is 9.19. The van der Waals surface area contributed by atoms with E-state index in [0.717, 1.165) is 41.2 Å². The maximum absolute atomic E-state index is 12.9. The van der Waals surface area contributed by atoms with E-state index in [-0.39, 0.29) is 11.9 Å². The van der Waals surface area contributed by atoms with Gasteiger partial charge in [0.15, 0.2) is 5.76 Å². The molecule has 162 valence electrons. The third-order valence-corrected chi connectivity index (χ3v) is 7.06. The average Bonchev–Trinajstić information content (AvgIpc) is 3.47. The molecule has 1 unspecified atom stereocenters. The third kappa shape index (κ3) is 4.18. The Hall–Kier alpha value is -3.38. The number of aryl methyl sites for hydroxylation is 2. The van der Waals surface area contributed by atoms with E-state index in [1.165, 1.54) is 28.7 Å². The molecule has 1 atom stereocenters. The zero-order valence-electron chi connectivity index (χ0n) is 17.9. The van der Waals surface area contributed by atoms with Gasteiger partial charge in [-0.25, -0.2) is 4.98 Å². The number of thiophene rings is 1. The van der Waals surface area contributed by atoms with E-state index in [0.29, 0.717) is 5.76 Å². The largest absolute Gasteiger partial charge is 0.459 e. The minimum absolute atomic E-state index is 0.129. The van der Waals surface area contributed by atoms with Gasteiger partial charge in [0.05, 0.1) is 12.3 Å². The van der Waals surface area contributed by atoms with Crippen LogP contribution < -0.4 is 10.6 Å². The van der Waals surface area contributed by atoms with Crippen LogP contribution in [0.5, 0.6) is 0 Å². The van der Waals surface area contributed by atoms with Crippen LogP contribution in [0.25, 0.3) is 0 Å². The van der Waals surface area contributed by atoms with Crippen LogP contribution >= 0.6 is 11.3 Å². The number of aromatic nitrogens is 1. The first-order valence-electron chi connectivity index (χ1n) is 10.9. The number of rotatable bonds is 6.